The van der Waals surface area contributed by atoms with Crippen LogP contribution in [0.4, 0.5) is 0 Å². The van der Waals surface area contributed by atoms with Crippen molar-refractivity contribution in [3.05, 3.63) is 23.8 Å². The molecule has 21 heavy (non-hydrogen) atoms. The van der Waals surface area contributed by atoms with Crippen molar-refractivity contribution in [1.29, 1.82) is 0 Å². The Balaban J connectivity index is 2.08. The zero-order valence-corrected chi connectivity index (χ0v) is 13.5. The van der Waals surface area contributed by atoms with Gasteiger partial charge in [-0.2, -0.15) is 0 Å². The lowest BCUT2D eigenvalue weighted by Crippen LogP contribution is -2.37. The molecule has 0 aromatic heterocycles. The molecular formula is C17H28N2O2. The van der Waals surface area contributed by atoms with Crippen molar-refractivity contribution >= 4 is 0 Å². The number of nitrogens with two attached hydrogens (primary N) is 1. The second-order valence-corrected chi connectivity index (χ2v) is 5.95. The largest absolute Gasteiger partial charge is 0.490 e. The standard InChI is InChI=1S/C17H28N2O2/c1-4-8-19(13(2)3)12-15(18)14-6-7-16-17(11-14)21-10-5-9-20-16/h6-7,11,13,15H,4-5,8-10,12,18H2,1-3H3. The van der Waals surface area contributed by atoms with Crippen molar-refractivity contribution in [1.82, 2.24) is 4.90 Å². The van der Waals surface area contributed by atoms with Gasteiger partial charge in [0.25, 0.3) is 0 Å². The van der Waals surface area contributed by atoms with Crippen LogP contribution in [-0.4, -0.2) is 37.2 Å². The number of nitrogens with zero attached hydrogens (tertiary/aromatic N) is 1. The first-order valence-corrected chi connectivity index (χ1v) is 8.01. The van der Waals surface area contributed by atoms with Gasteiger partial charge in [-0.1, -0.05) is 13.0 Å². The average molecular weight is 292 g/mol. The minimum Gasteiger partial charge on any atom is -0.490 e. The normalized spacial score (nSPS) is 16.1. The molecule has 1 unspecified atom stereocenters. The maximum Gasteiger partial charge on any atom is 0.161 e. The number of ether oxygens (including phenoxy) is 2. The van der Waals surface area contributed by atoms with E-state index in [0.29, 0.717) is 12.6 Å². The van der Waals surface area contributed by atoms with Crippen molar-refractivity contribution in [3.8, 4) is 11.5 Å². The summed E-state index contributed by atoms with van der Waals surface area (Å²) in [6.45, 7) is 10.0. The molecule has 0 fully saturated rings. The molecule has 0 saturated heterocycles. The van der Waals surface area contributed by atoms with Crippen LogP contribution in [-0.2, 0) is 0 Å². The monoisotopic (exact) mass is 292 g/mol. The van der Waals surface area contributed by atoms with E-state index in [2.05, 4.69) is 31.7 Å². The fourth-order valence-electron chi connectivity index (χ4n) is 2.62. The molecule has 1 aliphatic heterocycles. The van der Waals surface area contributed by atoms with Gasteiger partial charge in [-0.25, -0.2) is 0 Å². The molecule has 0 aliphatic carbocycles. The third-order valence-electron chi connectivity index (χ3n) is 3.87. The summed E-state index contributed by atoms with van der Waals surface area (Å²) in [6, 6.07) is 6.58. The highest BCUT2D eigenvalue weighted by Crippen LogP contribution is 2.32. The van der Waals surface area contributed by atoms with E-state index in [0.717, 1.165) is 49.6 Å². The highest BCUT2D eigenvalue weighted by Gasteiger charge is 2.17. The summed E-state index contributed by atoms with van der Waals surface area (Å²) in [5.41, 5.74) is 7.51. The second-order valence-electron chi connectivity index (χ2n) is 5.95. The van der Waals surface area contributed by atoms with Gasteiger partial charge in [-0.3, -0.25) is 4.90 Å². The second kappa shape index (κ2) is 7.66. The Labute approximate surface area is 128 Å². The van der Waals surface area contributed by atoms with E-state index in [9.17, 15) is 0 Å². The van der Waals surface area contributed by atoms with Crippen LogP contribution < -0.4 is 15.2 Å². The quantitative estimate of drug-likeness (QED) is 0.875. The molecule has 0 radical (unpaired) electrons. The summed E-state index contributed by atoms with van der Waals surface area (Å²) in [4.78, 5) is 2.42. The molecule has 4 nitrogen and oxygen atoms in total. The molecule has 1 aromatic carbocycles. The molecule has 0 amide bonds. The van der Waals surface area contributed by atoms with Crippen LogP contribution >= 0.6 is 0 Å². The van der Waals surface area contributed by atoms with E-state index < -0.39 is 0 Å². The number of fused-ring (bicyclic) bond motifs is 1. The molecule has 1 aliphatic rings. The highest BCUT2D eigenvalue weighted by molar-refractivity contribution is 5.44. The summed E-state index contributed by atoms with van der Waals surface area (Å²) in [5.74, 6) is 1.66. The zero-order chi connectivity index (χ0) is 15.2. The van der Waals surface area contributed by atoms with Gasteiger partial charge in [0.05, 0.1) is 13.2 Å². The van der Waals surface area contributed by atoms with Gasteiger partial charge < -0.3 is 15.2 Å². The van der Waals surface area contributed by atoms with Gasteiger partial charge in [0.1, 0.15) is 0 Å². The first-order valence-electron chi connectivity index (χ1n) is 8.01. The molecule has 0 spiro atoms. The molecule has 118 valence electrons. The Morgan fingerprint density at radius 3 is 2.57 bits per heavy atom. The maximum atomic E-state index is 6.40. The average Bonchev–Trinajstić information content (AvgIpc) is 2.70. The molecule has 1 atom stereocenters. The first-order chi connectivity index (χ1) is 10.1. The molecule has 1 aromatic rings. The van der Waals surface area contributed by atoms with E-state index >= 15 is 0 Å². The smallest absolute Gasteiger partial charge is 0.161 e. The van der Waals surface area contributed by atoms with Crippen molar-refractivity contribution in [2.75, 3.05) is 26.3 Å². The van der Waals surface area contributed by atoms with Gasteiger partial charge in [0, 0.05) is 25.0 Å². The van der Waals surface area contributed by atoms with Gasteiger partial charge in [0.15, 0.2) is 11.5 Å². The Morgan fingerprint density at radius 1 is 1.19 bits per heavy atom. The zero-order valence-electron chi connectivity index (χ0n) is 13.5. The molecule has 0 bridgehead atoms. The Hall–Kier alpha value is -1.26. The van der Waals surface area contributed by atoms with Crippen LogP contribution in [0.5, 0.6) is 11.5 Å². The molecule has 0 saturated carbocycles. The molecule has 2 rings (SSSR count). The van der Waals surface area contributed by atoms with Crippen molar-refractivity contribution in [3.63, 3.8) is 0 Å². The lowest BCUT2D eigenvalue weighted by molar-refractivity contribution is 0.209. The van der Waals surface area contributed by atoms with Gasteiger partial charge in [0.2, 0.25) is 0 Å². The lowest BCUT2D eigenvalue weighted by atomic mass is 10.1. The fourth-order valence-corrected chi connectivity index (χ4v) is 2.62. The molecule has 2 N–H and O–H groups in total. The van der Waals surface area contributed by atoms with Gasteiger partial charge >= 0.3 is 0 Å². The summed E-state index contributed by atoms with van der Waals surface area (Å²) in [5, 5.41) is 0. The van der Waals surface area contributed by atoms with Crippen LogP contribution in [0.25, 0.3) is 0 Å². The summed E-state index contributed by atoms with van der Waals surface area (Å²) < 4.78 is 11.4. The molecular weight excluding hydrogens is 264 g/mol. The van der Waals surface area contributed by atoms with Crippen LogP contribution in [0, 0.1) is 0 Å². The van der Waals surface area contributed by atoms with Crippen LogP contribution in [0.3, 0.4) is 0 Å². The van der Waals surface area contributed by atoms with E-state index in [4.69, 9.17) is 15.2 Å². The van der Waals surface area contributed by atoms with Crippen molar-refractivity contribution < 1.29 is 9.47 Å². The van der Waals surface area contributed by atoms with E-state index in [1.54, 1.807) is 0 Å². The Kier molecular flexibility index (Phi) is 5.88. The van der Waals surface area contributed by atoms with E-state index in [-0.39, 0.29) is 6.04 Å². The van der Waals surface area contributed by atoms with Crippen LogP contribution in [0.1, 0.15) is 45.2 Å². The lowest BCUT2D eigenvalue weighted by Gasteiger charge is -2.29. The topological polar surface area (TPSA) is 47.7 Å². The van der Waals surface area contributed by atoms with Crippen LogP contribution in [0.2, 0.25) is 0 Å². The minimum absolute atomic E-state index is 0.00361. The minimum atomic E-state index is -0.00361. The maximum absolute atomic E-state index is 6.40. The van der Waals surface area contributed by atoms with Crippen molar-refractivity contribution in [2.45, 2.75) is 45.7 Å². The van der Waals surface area contributed by atoms with Gasteiger partial charge in [-0.05, 0) is 44.5 Å². The molecule has 1 heterocycles. The predicted octanol–water partition coefficient (Wildman–Crippen LogP) is 2.97. The predicted molar refractivity (Wildman–Crippen MR) is 86.0 cm³/mol. The first kappa shape index (κ1) is 16.1. The van der Waals surface area contributed by atoms with Crippen molar-refractivity contribution in [2.24, 2.45) is 5.73 Å². The number of hydrogen-bond donors (Lipinski definition) is 1. The third-order valence-corrected chi connectivity index (χ3v) is 3.87. The number of hydrogen-bond acceptors (Lipinski definition) is 4. The third kappa shape index (κ3) is 4.35. The Morgan fingerprint density at radius 2 is 1.90 bits per heavy atom. The Bertz CT molecular complexity index is 448. The summed E-state index contributed by atoms with van der Waals surface area (Å²) in [7, 11) is 0. The summed E-state index contributed by atoms with van der Waals surface area (Å²) in [6.07, 6.45) is 2.07. The van der Waals surface area contributed by atoms with E-state index in [1.165, 1.54) is 0 Å². The number of rotatable bonds is 6. The van der Waals surface area contributed by atoms with E-state index in [1.807, 2.05) is 12.1 Å². The highest BCUT2D eigenvalue weighted by atomic mass is 16.5. The fraction of sp³-hybridized carbons (Fsp3) is 0.647. The van der Waals surface area contributed by atoms with Crippen LogP contribution in [0.15, 0.2) is 18.2 Å². The molecule has 4 heteroatoms. The van der Waals surface area contributed by atoms with Gasteiger partial charge in [-0.15, -0.1) is 0 Å². The summed E-state index contributed by atoms with van der Waals surface area (Å²) >= 11 is 0. The SMILES string of the molecule is CCCN(CC(N)c1ccc2c(c1)OCCCO2)C(C)C. The number of benzene rings is 1.